The number of carbonyl (C=O) groups is 1. The van der Waals surface area contributed by atoms with Crippen molar-refractivity contribution in [1.82, 2.24) is 4.90 Å². The van der Waals surface area contributed by atoms with E-state index in [1.165, 1.54) is 45.1 Å². The van der Waals surface area contributed by atoms with Crippen LogP contribution >= 0.6 is 0 Å². The third kappa shape index (κ3) is 2.84. The van der Waals surface area contributed by atoms with E-state index in [9.17, 15) is 4.79 Å². The summed E-state index contributed by atoms with van der Waals surface area (Å²) >= 11 is 0. The highest BCUT2D eigenvalue weighted by molar-refractivity contribution is 5.94. The van der Waals surface area contributed by atoms with Gasteiger partial charge in [-0.1, -0.05) is 24.6 Å². The van der Waals surface area contributed by atoms with E-state index in [2.05, 4.69) is 11.0 Å². The third-order valence-corrected chi connectivity index (χ3v) is 8.08. The van der Waals surface area contributed by atoms with E-state index < -0.39 is 0 Å². The van der Waals surface area contributed by atoms with Gasteiger partial charge in [0, 0.05) is 44.1 Å². The number of nitrogens with two attached hydrogens (primary N) is 1. The Morgan fingerprint density at radius 1 is 1.15 bits per heavy atom. The molecule has 4 atom stereocenters. The van der Waals surface area contributed by atoms with Crippen molar-refractivity contribution in [1.29, 1.82) is 0 Å². The van der Waals surface area contributed by atoms with Crippen LogP contribution in [-0.2, 0) is 10.3 Å². The molecular weight excluding hydrogens is 336 g/mol. The van der Waals surface area contributed by atoms with Crippen molar-refractivity contribution in [2.45, 2.75) is 44.1 Å². The molecule has 4 aliphatic rings. The molecule has 1 aromatic carbocycles. The molecule has 5 rings (SSSR count). The highest BCUT2D eigenvalue weighted by Crippen LogP contribution is 2.56. The molecule has 1 aromatic rings. The molecule has 1 saturated heterocycles. The fourth-order valence-corrected chi connectivity index (χ4v) is 6.95. The van der Waals surface area contributed by atoms with Gasteiger partial charge >= 0.3 is 0 Å². The topological polar surface area (TPSA) is 55.6 Å². The summed E-state index contributed by atoms with van der Waals surface area (Å²) < 4.78 is 6.33. The maximum absolute atomic E-state index is 12.1. The van der Waals surface area contributed by atoms with Crippen LogP contribution in [0.4, 0.5) is 0 Å². The summed E-state index contributed by atoms with van der Waals surface area (Å²) in [5.74, 6) is 3.55. The molecule has 27 heavy (non-hydrogen) atoms. The van der Waals surface area contributed by atoms with Crippen LogP contribution in [-0.4, -0.2) is 37.6 Å². The molecule has 146 valence electrons. The van der Waals surface area contributed by atoms with Crippen molar-refractivity contribution in [2.75, 3.05) is 26.7 Å². The lowest BCUT2D eigenvalue weighted by Gasteiger charge is -2.56. The first-order chi connectivity index (χ1) is 13.1. The molecule has 2 N–H and O–H groups in total. The Kier molecular flexibility index (Phi) is 4.32. The number of benzene rings is 1. The van der Waals surface area contributed by atoms with E-state index in [1.54, 1.807) is 0 Å². The first kappa shape index (κ1) is 17.7. The van der Waals surface area contributed by atoms with Crippen LogP contribution < -0.4 is 5.73 Å². The van der Waals surface area contributed by atoms with E-state index >= 15 is 0 Å². The van der Waals surface area contributed by atoms with Crippen molar-refractivity contribution < 1.29 is 9.53 Å². The van der Waals surface area contributed by atoms with Gasteiger partial charge in [0.05, 0.1) is 0 Å². The molecule has 0 radical (unpaired) electrons. The number of likely N-dealkylation sites (tertiary alicyclic amines) is 1. The standard InChI is InChI=1S/C23H32N2O2/c1-27-23(21-8-3-2-7-20(21)22(24)26)18-5-4-6-19(23)14-25(13-18)12-15-9-16-11-17(16)10-15/h2-3,7-8,15-19H,4-6,9-14H2,1H3,(H2,24,26). The number of hydrogen-bond acceptors (Lipinski definition) is 3. The Morgan fingerprint density at radius 3 is 2.44 bits per heavy atom. The van der Waals surface area contributed by atoms with E-state index in [0.717, 1.165) is 36.4 Å². The smallest absolute Gasteiger partial charge is 0.249 e. The second kappa shape index (κ2) is 6.59. The molecule has 0 aromatic heterocycles. The summed E-state index contributed by atoms with van der Waals surface area (Å²) in [4.78, 5) is 14.8. The van der Waals surface area contributed by atoms with Crippen molar-refractivity contribution in [3.63, 3.8) is 0 Å². The molecule has 4 nitrogen and oxygen atoms in total. The van der Waals surface area contributed by atoms with Crippen LogP contribution in [0.3, 0.4) is 0 Å². The van der Waals surface area contributed by atoms with Crippen molar-refractivity contribution in [3.05, 3.63) is 35.4 Å². The van der Waals surface area contributed by atoms with Gasteiger partial charge in [-0.25, -0.2) is 0 Å². The summed E-state index contributed by atoms with van der Waals surface area (Å²) in [6.45, 7) is 3.43. The number of piperidine rings is 1. The maximum atomic E-state index is 12.1. The van der Waals surface area contributed by atoms with Crippen LogP contribution in [0.2, 0.25) is 0 Å². The number of nitrogens with zero attached hydrogens (tertiary/aromatic N) is 1. The quantitative estimate of drug-likeness (QED) is 0.866. The number of hydrogen-bond donors (Lipinski definition) is 1. The number of amides is 1. The minimum absolute atomic E-state index is 0.340. The molecule has 0 spiro atoms. The average Bonchev–Trinajstić information content (AvgIpc) is 3.27. The zero-order chi connectivity index (χ0) is 18.6. The van der Waals surface area contributed by atoms with Gasteiger partial charge in [-0.05, 0) is 61.5 Å². The predicted octanol–water partition coefficient (Wildman–Crippen LogP) is 3.41. The van der Waals surface area contributed by atoms with E-state index in [4.69, 9.17) is 10.5 Å². The lowest BCUT2D eigenvalue weighted by molar-refractivity contribution is -0.170. The molecule has 1 aliphatic heterocycles. The third-order valence-electron chi connectivity index (χ3n) is 8.08. The summed E-state index contributed by atoms with van der Waals surface area (Å²) in [6, 6.07) is 7.87. The monoisotopic (exact) mass is 368 g/mol. The zero-order valence-corrected chi connectivity index (χ0v) is 16.4. The van der Waals surface area contributed by atoms with Gasteiger partial charge in [-0.2, -0.15) is 0 Å². The minimum atomic E-state index is -0.363. The summed E-state index contributed by atoms with van der Waals surface area (Å²) in [7, 11) is 1.84. The van der Waals surface area contributed by atoms with Gasteiger partial charge in [-0.3, -0.25) is 4.79 Å². The molecule has 3 saturated carbocycles. The maximum Gasteiger partial charge on any atom is 0.249 e. The van der Waals surface area contributed by atoms with Gasteiger partial charge in [-0.15, -0.1) is 0 Å². The van der Waals surface area contributed by atoms with Crippen molar-refractivity contribution >= 4 is 5.91 Å². The van der Waals surface area contributed by atoms with Gasteiger partial charge in [0.2, 0.25) is 5.91 Å². The Morgan fingerprint density at radius 2 is 1.81 bits per heavy atom. The van der Waals surface area contributed by atoms with Gasteiger partial charge in [0.1, 0.15) is 5.60 Å². The van der Waals surface area contributed by atoms with Crippen LogP contribution in [0.5, 0.6) is 0 Å². The number of carbonyl (C=O) groups excluding carboxylic acids is 1. The first-order valence-electron chi connectivity index (χ1n) is 10.8. The van der Waals surface area contributed by atoms with Crippen molar-refractivity contribution in [2.24, 2.45) is 35.3 Å². The SMILES string of the molecule is COC1(c2ccccc2C(N)=O)C2CCCC1CN(CC1CC3CC3C1)C2. The predicted molar refractivity (Wildman–Crippen MR) is 105 cm³/mol. The molecule has 1 heterocycles. The number of methoxy groups -OCH3 is 1. The second-order valence-corrected chi connectivity index (χ2v) is 9.54. The first-order valence-corrected chi connectivity index (χ1v) is 10.8. The van der Waals surface area contributed by atoms with Gasteiger partial charge in [0.25, 0.3) is 0 Å². The van der Waals surface area contributed by atoms with E-state index in [-0.39, 0.29) is 11.5 Å². The summed E-state index contributed by atoms with van der Waals surface area (Å²) in [5.41, 5.74) is 7.03. The number of fused-ring (bicyclic) bond motifs is 3. The number of ether oxygens (including phenoxy) is 1. The largest absolute Gasteiger partial charge is 0.373 e. The zero-order valence-electron chi connectivity index (χ0n) is 16.4. The average molecular weight is 369 g/mol. The van der Waals surface area contributed by atoms with E-state index in [1.807, 2.05) is 25.3 Å². The molecule has 3 aliphatic carbocycles. The normalized spacial score (nSPS) is 40.6. The second-order valence-electron chi connectivity index (χ2n) is 9.54. The summed E-state index contributed by atoms with van der Waals surface area (Å²) in [6.07, 6.45) is 8.01. The van der Waals surface area contributed by atoms with E-state index in [0.29, 0.717) is 17.4 Å². The van der Waals surface area contributed by atoms with Gasteiger partial charge < -0.3 is 15.4 Å². The van der Waals surface area contributed by atoms with Crippen LogP contribution in [0, 0.1) is 29.6 Å². The fraction of sp³-hybridized carbons (Fsp3) is 0.696. The highest BCUT2D eigenvalue weighted by atomic mass is 16.5. The molecular formula is C23H32N2O2. The van der Waals surface area contributed by atoms with Crippen LogP contribution in [0.25, 0.3) is 0 Å². The molecule has 4 unspecified atom stereocenters. The Labute approximate surface area is 162 Å². The molecule has 4 fully saturated rings. The molecule has 4 heteroatoms. The van der Waals surface area contributed by atoms with Crippen molar-refractivity contribution in [3.8, 4) is 0 Å². The lowest BCUT2D eigenvalue weighted by Crippen LogP contribution is -2.60. The van der Waals surface area contributed by atoms with Crippen LogP contribution in [0.15, 0.2) is 24.3 Å². The fourth-order valence-electron chi connectivity index (χ4n) is 6.95. The summed E-state index contributed by atoms with van der Waals surface area (Å²) in [5, 5.41) is 0. The lowest BCUT2D eigenvalue weighted by atomic mass is 9.61. The highest BCUT2D eigenvalue weighted by Gasteiger charge is 2.55. The number of rotatable bonds is 5. The van der Waals surface area contributed by atoms with Gasteiger partial charge in [0.15, 0.2) is 0 Å². The Hall–Kier alpha value is -1.39. The molecule has 1 amide bonds. The Balaban J connectivity index is 1.43. The number of primary amides is 1. The minimum Gasteiger partial charge on any atom is -0.373 e. The molecule has 2 bridgehead atoms. The Bertz CT molecular complexity index is 709. The van der Waals surface area contributed by atoms with Crippen LogP contribution in [0.1, 0.15) is 54.4 Å².